The Labute approximate surface area is 122 Å². The van der Waals surface area contributed by atoms with Gasteiger partial charge in [-0.2, -0.15) is 0 Å². The minimum atomic E-state index is 0.640. The Hall–Kier alpha value is -0.820. The van der Waals surface area contributed by atoms with E-state index in [4.69, 9.17) is 5.73 Å². The van der Waals surface area contributed by atoms with Crippen molar-refractivity contribution in [1.82, 2.24) is 4.98 Å². The second kappa shape index (κ2) is 5.22. The van der Waals surface area contributed by atoms with Crippen molar-refractivity contribution in [3.8, 4) is 0 Å². The lowest BCUT2D eigenvalue weighted by Gasteiger charge is -2.09. The number of pyridine rings is 1. The molecule has 1 aromatic carbocycles. The summed E-state index contributed by atoms with van der Waals surface area (Å²) in [6, 6.07) is 8.02. The highest BCUT2D eigenvalue weighted by molar-refractivity contribution is 14.1. The first-order valence-corrected chi connectivity index (χ1v) is 6.87. The molecule has 0 atom stereocenters. The average molecular weight is 404 g/mol. The van der Waals surface area contributed by atoms with Crippen molar-refractivity contribution in [2.24, 2.45) is 0 Å². The van der Waals surface area contributed by atoms with E-state index in [1.54, 1.807) is 6.20 Å². The molecule has 0 fully saturated rings. The lowest BCUT2D eigenvalue weighted by molar-refractivity contribution is 1.29. The van der Waals surface area contributed by atoms with Crippen molar-refractivity contribution in [1.29, 1.82) is 0 Å². The third kappa shape index (κ3) is 3.10. The van der Waals surface area contributed by atoms with Crippen LogP contribution in [0.4, 0.5) is 17.2 Å². The topological polar surface area (TPSA) is 50.9 Å². The van der Waals surface area contributed by atoms with Crippen LogP contribution in [0.15, 0.2) is 34.9 Å². The number of nitrogen functional groups attached to an aromatic ring is 1. The van der Waals surface area contributed by atoms with Crippen molar-refractivity contribution >= 4 is 55.7 Å². The Kier molecular flexibility index (Phi) is 3.88. The average Bonchev–Trinajstić information content (AvgIpc) is 2.27. The van der Waals surface area contributed by atoms with Crippen LogP contribution in [0.2, 0.25) is 0 Å². The Balaban J connectivity index is 2.28. The summed E-state index contributed by atoms with van der Waals surface area (Å²) >= 11 is 5.75. The molecule has 0 aliphatic rings. The molecule has 0 radical (unpaired) electrons. The zero-order chi connectivity index (χ0) is 12.4. The maximum absolute atomic E-state index is 5.64. The fourth-order valence-corrected chi connectivity index (χ4v) is 2.33. The molecule has 0 saturated carbocycles. The highest BCUT2D eigenvalue weighted by atomic mass is 127. The molecule has 0 spiro atoms. The number of anilines is 3. The molecule has 2 rings (SSSR count). The van der Waals surface area contributed by atoms with Gasteiger partial charge in [-0.25, -0.2) is 4.98 Å². The van der Waals surface area contributed by atoms with Gasteiger partial charge in [-0.3, -0.25) is 0 Å². The predicted molar refractivity (Wildman–Crippen MR) is 83.5 cm³/mol. The zero-order valence-electron chi connectivity index (χ0n) is 9.17. The van der Waals surface area contributed by atoms with Crippen molar-refractivity contribution in [2.75, 3.05) is 11.1 Å². The number of aromatic nitrogens is 1. The molecule has 88 valence electrons. The van der Waals surface area contributed by atoms with E-state index in [1.807, 2.05) is 12.1 Å². The van der Waals surface area contributed by atoms with Crippen LogP contribution in [-0.2, 0) is 0 Å². The summed E-state index contributed by atoms with van der Waals surface area (Å²) in [4.78, 5) is 4.24. The molecule has 0 saturated heterocycles. The number of nitrogens with one attached hydrogen (secondary N) is 1. The van der Waals surface area contributed by atoms with Crippen LogP contribution in [0.1, 0.15) is 5.56 Å². The molecule has 0 unspecified atom stereocenters. The number of nitrogens with two attached hydrogens (primary N) is 1. The largest absolute Gasteiger partial charge is 0.397 e. The summed E-state index contributed by atoms with van der Waals surface area (Å²) in [6.07, 6.45) is 1.63. The Morgan fingerprint density at radius 2 is 2.12 bits per heavy atom. The van der Waals surface area contributed by atoms with Gasteiger partial charge in [0, 0.05) is 9.26 Å². The zero-order valence-corrected chi connectivity index (χ0v) is 12.9. The SMILES string of the molecule is Cc1ccc(Nc2ncc(N)cc2Br)cc1I. The first-order valence-electron chi connectivity index (χ1n) is 5.00. The molecular formula is C12H11BrIN3. The number of rotatable bonds is 2. The predicted octanol–water partition coefficient (Wildman–Crippen LogP) is 4.08. The van der Waals surface area contributed by atoms with Crippen molar-refractivity contribution in [2.45, 2.75) is 6.92 Å². The van der Waals surface area contributed by atoms with Crippen molar-refractivity contribution in [3.63, 3.8) is 0 Å². The van der Waals surface area contributed by atoms with E-state index in [9.17, 15) is 0 Å². The summed E-state index contributed by atoms with van der Waals surface area (Å²) < 4.78 is 2.08. The molecule has 17 heavy (non-hydrogen) atoms. The number of hydrogen-bond acceptors (Lipinski definition) is 3. The van der Waals surface area contributed by atoms with E-state index < -0.39 is 0 Å². The smallest absolute Gasteiger partial charge is 0.144 e. The molecule has 5 heteroatoms. The van der Waals surface area contributed by atoms with Gasteiger partial charge in [-0.15, -0.1) is 0 Å². The third-order valence-electron chi connectivity index (χ3n) is 2.30. The molecular weight excluding hydrogens is 393 g/mol. The molecule has 0 aliphatic carbocycles. The van der Waals surface area contributed by atoms with E-state index in [1.165, 1.54) is 9.13 Å². The molecule has 2 aromatic rings. The van der Waals surface area contributed by atoms with Gasteiger partial charge in [-0.05, 0) is 69.2 Å². The fraction of sp³-hybridized carbons (Fsp3) is 0.0833. The van der Waals surface area contributed by atoms with E-state index >= 15 is 0 Å². The van der Waals surface area contributed by atoms with Gasteiger partial charge in [0.2, 0.25) is 0 Å². The Morgan fingerprint density at radius 3 is 2.76 bits per heavy atom. The molecule has 1 heterocycles. The second-order valence-corrected chi connectivity index (χ2v) is 5.70. The summed E-state index contributed by atoms with van der Waals surface area (Å²) in [7, 11) is 0. The van der Waals surface area contributed by atoms with Gasteiger partial charge < -0.3 is 11.1 Å². The first-order chi connectivity index (χ1) is 8.06. The Bertz CT molecular complexity index is 557. The third-order valence-corrected chi connectivity index (χ3v) is 4.06. The summed E-state index contributed by atoms with van der Waals surface area (Å²) in [5.74, 6) is 0.763. The minimum absolute atomic E-state index is 0.640. The normalized spacial score (nSPS) is 10.3. The fourth-order valence-electron chi connectivity index (χ4n) is 1.35. The van der Waals surface area contributed by atoms with Crippen LogP contribution in [0.25, 0.3) is 0 Å². The van der Waals surface area contributed by atoms with Gasteiger partial charge in [-0.1, -0.05) is 6.07 Å². The van der Waals surface area contributed by atoms with Crippen LogP contribution in [-0.4, -0.2) is 4.98 Å². The Morgan fingerprint density at radius 1 is 1.35 bits per heavy atom. The highest BCUT2D eigenvalue weighted by Crippen LogP contribution is 2.26. The van der Waals surface area contributed by atoms with Crippen LogP contribution in [0, 0.1) is 10.5 Å². The molecule has 1 aromatic heterocycles. The van der Waals surface area contributed by atoms with Crippen molar-refractivity contribution in [3.05, 3.63) is 44.1 Å². The maximum Gasteiger partial charge on any atom is 0.144 e. The lowest BCUT2D eigenvalue weighted by Crippen LogP contribution is -1.97. The molecule has 3 N–H and O–H groups in total. The quantitative estimate of drug-likeness (QED) is 0.742. The van der Waals surface area contributed by atoms with Gasteiger partial charge in [0.05, 0.1) is 16.4 Å². The lowest BCUT2D eigenvalue weighted by atomic mass is 10.2. The maximum atomic E-state index is 5.64. The minimum Gasteiger partial charge on any atom is -0.397 e. The van der Waals surface area contributed by atoms with Crippen LogP contribution in [0.5, 0.6) is 0 Å². The number of halogens is 2. The van der Waals surface area contributed by atoms with E-state index in [0.29, 0.717) is 5.69 Å². The summed E-state index contributed by atoms with van der Waals surface area (Å²) in [5.41, 5.74) is 8.56. The van der Waals surface area contributed by atoms with Crippen LogP contribution < -0.4 is 11.1 Å². The van der Waals surface area contributed by atoms with E-state index in [-0.39, 0.29) is 0 Å². The molecule has 0 amide bonds. The van der Waals surface area contributed by atoms with E-state index in [0.717, 1.165) is 16.0 Å². The summed E-state index contributed by atoms with van der Waals surface area (Å²) in [5, 5.41) is 3.25. The van der Waals surface area contributed by atoms with E-state index in [2.05, 4.69) is 67.9 Å². The highest BCUT2D eigenvalue weighted by Gasteiger charge is 2.03. The van der Waals surface area contributed by atoms with Crippen LogP contribution in [0.3, 0.4) is 0 Å². The van der Waals surface area contributed by atoms with Crippen LogP contribution >= 0.6 is 38.5 Å². The van der Waals surface area contributed by atoms with Gasteiger partial charge >= 0.3 is 0 Å². The monoisotopic (exact) mass is 403 g/mol. The van der Waals surface area contributed by atoms with Crippen molar-refractivity contribution < 1.29 is 0 Å². The van der Waals surface area contributed by atoms with Gasteiger partial charge in [0.15, 0.2) is 0 Å². The summed E-state index contributed by atoms with van der Waals surface area (Å²) in [6.45, 7) is 2.09. The second-order valence-electron chi connectivity index (χ2n) is 3.69. The number of nitrogens with zero attached hydrogens (tertiary/aromatic N) is 1. The number of hydrogen-bond donors (Lipinski definition) is 2. The molecule has 0 aliphatic heterocycles. The standard InChI is InChI=1S/C12H11BrIN3/c1-7-2-3-9(5-11(7)14)17-12-10(13)4-8(15)6-16-12/h2-6H,15H2,1H3,(H,16,17). The van der Waals surface area contributed by atoms with Gasteiger partial charge in [0.25, 0.3) is 0 Å². The molecule has 0 bridgehead atoms. The number of aryl methyl sites for hydroxylation is 1. The van der Waals surface area contributed by atoms with Gasteiger partial charge in [0.1, 0.15) is 5.82 Å². The number of benzene rings is 1. The first kappa shape index (κ1) is 12.6. The molecule has 3 nitrogen and oxygen atoms in total.